The maximum absolute atomic E-state index is 13.7. The molecule has 0 saturated heterocycles. The van der Waals surface area contributed by atoms with E-state index in [4.69, 9.17) is 9.47 Å². The number of thiazole rings is 1. The van der Waals surface area contributed by atoms with Crippen LogP contribution in [0.1, 0.15) is 56.3 Å². The lowest BCUT2D eigenvalue weighted by molar-refractivity contribution is -0.143. The fourth-order valence-electron chi connectivity index (χ4n) is 4.26. The summed E-state index contributed by atoms with van der Waals surface area (Å²) >= 11 is 1.33. The van der Waals surface area contributed by atoms with Gasteiger partial charge in [-0.25, -0.2) is 9.79 Å². The molecule has 3 aromatic rings. The van der Waals surface area contributed by atoms with E-state index in [-0.39, 0.29) is 11.7 Å². The van der Waals surface area contributed by atoms with Crippen molar-refractivity contribution in [3.63, 3.8) is 0 Å². The number of aromatic nitrogens is 2. The van der Waals surface area contributed by atoms with Gasteiger partial charge in [-0.3, -0.25) is 9.36 Å². The fourth-order valence-corrected chi connectivity index (χ4v) is 5.30. The number of esters is 1. The maximum atomic E-state index is 13.7. The highest BCUT2D eigenvalue weighted by molar-refractivity contribution is 7.07. The number of nitrogens with zero attached hydrogens (tertiary/aromatic N) is 3. The van der Waals surface area contributed by atoms with Gasteiger partial charge in [-0.15, -0.1) is 0 Å². The first-order valence-electron chi connectivity index (χ1n) is 11.7. The van der Waals surface area contributed by atoms with E-state index in [0.717, 1.165) is 28.3 Å². The van der Waals surface area contributed by atoms with Gasteiger partial charge in [0.1, 0.15) is 5.75 Å². The Bertz CT molecular complexity index is 1490. The number of aryl methyl sites for hydroxylation is 1. The van der Waals surface area contributed by atoms with Crippen molar-refractivity contribution in [1.82, 2.24) is 9.13 Å². The van der Waals surface area contributed by atoms with Crippen molar-refractivity contribution >= 4 is 23.4 Å². The topological polar surface area (TPSA) is 74.8 Å². The number of ether oxygens (including phenoxy) is 2. The summed E-state index contributed by atoms with van der Waals surface area (Å²) in [5.41, 5.74) is 4.71. The molecule has 1 aliphatic heterocycles. The summed E-state index contributed by atoms with van der Waals surface area (Å²) in [5, 5.41) is 0. The van der Waals surface area contributed by atoms with Crippen LogP contribution in [0.15, 0.2) is 51.4 Å². The Kier molecular flexibility index (Phi) is 6.85. The second-order valence-corrected chi connectivity index (χ2v) is 9.93. The summed E-state index contributed by atoms with van der Waals surface area (Å²) in [6, 6.07) is 8.90. The monoisotopic (exact) mass is 493 g/mol. The summed E-state index contributed by atoms with van der Waals surface area (Å²) in [5.74, 6) is 0.259. The van der Waals surface area contributed by atoms with Crippen LogP contribution in [0.2, 0.25) is 0 Å². The number of hydrogen-bond donors (Lipinski definition) is 0. The van der Waals surface area contributed by atoms with Crippen LogP contribution in [0.4, 0.5) is 0 Å². The van der Waals surface area contributed by atoms with Crippen molar-refractivity contribution < 1.29 is 14.3 Å². The van der Waals surface area contributed by atoms with Crippen LogP contribution in [0.5, 0.6) is 5.75 Å². The molecule has 1 aliphatic rings. The largest absolute Gasteiger partial charge is 0.494 e. The molecule has 1 aromatic carbocycles. The lowest BCUT2D eigenvalue weighted by Gasteiger charge is -2.25. The molecule has 184 valence electrons. The third-order valence-corrected chi connectivity index (χ3v) is 7.18. The van der Waals surface area contributed by atoms with E-state index in [0.29, 0.717) is 27.2 Å². The Morgan fingerprint density at radius 2 is 1.89 bits per heavy atom. The summed E-state index contributed by atoms with van der Waals surface area (Å²) in [7, 11) is 2.01. The second kappa shape index (κ2) is 9.70. The van der Waals surface area contributed by atoms with Crippen LogP contribution in [0, 0.1) is 13.8 Å². The van der Waals surface area contributed by atoms with E-state index in [1.807, 2.05) is 58.2 Å². The average molecular weight is 494 g/mol. The minimum absolute atomic E-state index is 0.184. The molecule has 0 spiro atoms. The molecule has 0 aliphatic carbocycles. The molecule has 0 amide bonds. The van der Waals surface area contributed by atoms with Gasteiger partial charge in [0.25, 0.3) is 5.56 Å². The number of allylic oxidation sites excluding steroid dienone is 1. The highest BCUT2D eigenvalue weighted by Gasteiger charge is 2.33. The van der Waals surface area contributed by atoms with Crippen LogP contribution in [-0.2, 0) is 16.6 Å². The SMILES string of the molecule is CCOc1ccc([C@@H]2C(C(=O)OC(C)C)=C(C)N=c3s/c(=C/c4cc(C)n(C)c4C)c(=O)n32)cc1. The predicted molar refractivity (Wildman–Crippen MR) is 137 cm³/mol. The number of rotatable bonds is 6. The Hall–Kier alpha value is -3.39. The molecule has 0 fully saturated rings. The molecule has 0 N–H and O–H groups in total. The van der Waals surface area contributed by atoms with E-state index in [1.54, 1.807) is 25.3 Å². The van der Waals surface area contributed by atoms with Gasteiger partial charge in [0.2, 0.25) is 0 Å². The number of carbonyl (C=O) groups excluding carboxylic acids is 1. The Labute approximate surface area is 208 Å². The number of fused-ring (bicyclic) bond motifs is 1. The van der Waals surface area contributed by atoms with Gasteiger partial charge in [0, 0.05) is 18.4 Å². The maximum Gasteiger partial charge on any atom is 0.338 e. The van der Waals surface area contributed by atoms with Crippen LogP contribution in [-0.4, -0.2) is 27.8 Å². The smallest absolute Gasteiger partial charge is 0.338 e. The van der Waals surface area contributed by atoms with Gasteiger partial charge in [0.05, 0.1) is 34.6 Å². The molecule has 8 heteroatoms. The summed E-state index contributed by atoms with van der Waals surface area (Å²) in [6.45, 7) is 11.9. The van der Waals surface area contributed by atoms with Crippen molar-refractivity contribution in [3.8, 4) is 5.75 Å². The zero-order chi connectivity index (χ0) is 25.4. The van der Waals surface area contributed by atoms with E-state index < -0.39 is 12.0 Å². The molecule has 0 bridgehead atoms. The van der Waals surface area contributed by atoms with Crippen molar-refractivity contribution in [2.45, 2.75) is 53.7 Å². The lowest BCUT2D eigenvalue weighted by Crippen LogP contribution is -2.40. The molecule has 0 saturated carbocycles. The van der Waals surface area contributed by atoms with Crippen LogP contribution in [0.3, 0.4) is 0 Å². The molecule has 0 unspecified atom stereocenters. The Morgan fingerprint density at radius 3 is 2.46 bits per heavy atom. The molecule has 7 nitrogen and oxygen atoms in total. The second-order valence-electron chi connectivity index (χ2n) is 8.92. The van der Waals surface area contributed by atoms with Gasteiger partial charge in [-0.05, 0) is 76.9 Å². The molecule has 4 rings (SSSR count). The quantitative estimate of drug-likeness (QED) is 0.493. The zero-order valence-electron chi connectivity index (χ0n) is 21.2. The molecule has 0 radical (unpaired) electrons. The van der Waals surface area contributed by atoms with E-state index in [2.05, 4.69) is 15.6 Å². The Morgan fingerprint density at radius 1 is 1.20 bits per heavy atom. The van der Waals surface area contributed by atoms with Gasteiger partial charge >= 0.3 is 5.97 Å². The molecular formula is C27H31N3O4S. The van der Waals surface area contributed by atoms with E-state index in [1.165, 1.54) is 11.3 Å². The highest BCUT2D eigenvalue weighted by atomic mass is 32.1. The summed E-state index contributed by atoms with van der Waals surface area (Å²) in [6.07, 6.45) is 1.62. The normalized spacial score (nSPS) is 15.9. The minimum Gasteiger partial charge on any atom is -0.494 e. The predicted octanol–water partition coefficient (Wildman–Crippen LogP) is 3.54. The molecule has 35 heavy (non-hydrogen) atoms. The molecule has 1 atom stereocenters. The molecular weight excluding hydrogens is 462 g/mol. The van der Waals surface area contributed by atoms with Crippen LogP contribution < -0.4 is 19.6 Å². The lowest BCUT2D eigenvalue weighted by atomic mass is 9.96. The van der Waals surface area contributed by atoms with Crippen molar-refractivity contribution in [3.05, 3.63) is 83.8 Å². The average Bonchev–Trinajstić information content (AvgIpc) is 3.23. The van der Waals surface area contributed by atoms with Gasteiger partial charge in [0.15, 0.2) is 4.80 Å². The first-order valence-corrected chi connectivity index (χ1v) is 12.5. The standard InChI is InChI=1S/C27H31N3O4S/c1-8-33-21-11-9-19(10-12-21)24-23(26(32)34-15(2)3)17(5)28-27-30(24)25(31)22(35-27)14-20-13-16(4)29(7)18(20)6/h9-15,24H,8H2,1-7H3/b22-14+/t24-/m1/s1. The van der Waals surface area contributed by atoms with Crippen LogP contribution in [0.25, 0.3) is 6.08 Å². The van der Waals surface area contributed by atoms with E-state index in [9.17, 15) is 9.59 Å². The zero-order valence-corrected chi connectivity index (χ0v) is 22.0. The Balaban J connectivity index is 1.93. The third kappa shape index (κ3) is 4.62. The fraction of sp³-hybridized carbons (Fsp3) is 0.370. The first-order chi connectivity index (χ1) is 16.6. The molecule has 2 aromatic heterocycles. The number of hydrogen-bond acceptors (Lipinski definition) is 6. The van der Waals surface area contributed by atoms with Gasteiger partial charge < -0.3 is 14.0 Å². The number of carbonyl (C=O) groups is 1. The number of benzene rings is 1. The summed E-state index contributed by atoms with van der Waals surface area (Å²) < 4.78 is 15.4. The third-order valence-electron chi connectivity index (χ3n) is 6.19. The van der Waals surface area contributed by atoms with Gasteiger partial charge in [-0.2, -0.15) is 0 Å². The van der Waals surface area contributed by atoms with Crippen molar-refractivity contribution in [1.29, 1.82) is 0 Å². The van der Waals surface area contributed by atoms with Gasteiger partial charge in [-0.1, -0.05) is 23.5 Å². The van der Waals surface area contributed by atoms with Crippen molar-refractivity contribution in [2.75, 3.05) is 6.61 Å². The molecule has 3 heterocycles. The minimum atomic E-state index is -0.645. The van der Waals surface area contributed by atoms with Crippen molar-refractivity contribution in [2.24, 2.45) is 12.0 Å². The summed E-state index contributed by atoms with van der Waals surface area (Å²) in [4.78, 5) is 32.2. The first kappa shape index (κ1) is 24.7. The van der Waals surface area contributed by atoms with E-state index >= 15 is 0 Å². The highest BCUT2D eigenvalue weighted by Crippen LogP contribution is 2.32. The van der Waals surface area contributed by atoms with Crippen LogP contribution >= 0.6 is 11.3 Å².